The number of alkyl halides is 1. The molecule has 1 aliphatic carbocycles. The number of fused-ring (bicyclic) bond motifs is 1. The van der Waals surface area contributed by atoms with E-state index in [9.17, 15) is 0 Å². The summed E-state index contributed by atoms with van der Waals surface area (Å²) in [5.74, 6) is 0.538. The average molecular weight is 329 g/mol. The van der Waals surface area contributed by atoms with Gasteiger partial charge in [-0.15, -0.1) is 0 Å². The van der Waals surface area contributed by atoms with Crippen LogP contribution in [0.1, 0.15) is 52.8 Å². The fourth-order valence-electron chi connectivity index (χ4n) is 3.31. The molecule has 0 saturated carbocycles. The molecule has 3 rings (SSSR count). The molecule has 2 aromatic rings. The molecule has 0 saturated heterocycles. The summed E-state index contributed by atoms with van der Waals surface area (Å²) in [6.07, 6.45) is 4.99. The molecule has 104 valence electrons. The predicted molar refractivity (Wildman–Crippen MR) is 89.6 cm³/mol. The maximum Gasteiger partial charge on any atom is 0.0463 e. The summed E-state index contributed by atoms with van der Waals surface area (Å²) in [7, 11) is 0. The maximum absolute atomic E-state index is 3.96. The Balaban J connectivity index is 1.89. The Morgan fingerprint density at radius 2 is 1.70 bits per heavy atom. The molecule has 0 amide bonds. The fraction of sp³-hybridized carbons (Fsp3) is 0.368. The second-order valence-electron chi connectivity index (χ2n) is 5.71. The van der Waals surface area contributed by atoms with E-state index in [-0.39, 0.29) is 0 Å². The standard InChI is InChI=1S/C19H21Br/c1-2-18(15-7-4-3-5-8-15)19(20)17-12-11-14-9-6-10-16(14)13-17/h3-5,7-8,11-13,18-19H,2,6,9-10H2,1H3. The Kier molecular flexibility index (Phi) is 4.26. The van der Waals surface area contributed by atoms with Crippen molar-refractivity contribution in [2.24, 2.45) is 0 Å². The maximum atomic E-state index is 3.96. The largest absolute Gasteiger partial charge is 0.0832 e. The van der Waals surface area contributed by atoms with Crippen molar-refractivity contribution in [1.29, 1.82) is 0 Å². The first-order chi connectivity index (χ1) is 9.79. The second-order valence-corrected chi connectivity index (χ2v) is 6.70. The molecule has 0 spiro atoms. The van der Waals surface area contributed by atoms with Gasteiger partial charge in [0, 0.05) is 10.7 Å². The molecule has 0 bridgehead atoms. The van der Waals surface area contributed by atoms with E-state index < -0.39 is 0 Å². The summed E-state index contributed by atoms with van der Waals surface area (Å²) in [6.45, 7) is 2.28. The van der Waals surface area contributed by atoms with E-state index in [1.54, 1.807) is 11.1 Å². The Morgan fingerprint density at radius 3 is 2.45 bits per heavy atom. The highest BCUT2D eigenvalue weighted by atomic mass is 79.9. The minimum Gasteiger partial charge on any atom is -0.0832 e. The van der Waals surface area contributed by atoms with Crippen molar-refractivity contribution in [2.45, 2.75) is 43.4 Å². The number of halogens is 1. The third-order valence-corrected chi connectivity index (χ3v) is 5.63. The summed E-state index contributed by atoms with van der Waals surface area (Å²) >= 11 is 3.96. The Morgan fingerprint density at radius 1 is 0.950 bits per heavy atom. The molecule has 0 aliphatic heterocycles. The summed E-state index contributed by atoms with van der Waals surface area (Å²) in [5, 5.41) is 0. The highest BCUT2D eigenvalue weighted by molar-refractivity contribution is 9.09. The van der Waals surface area contributed by atoms with Crippen LogP contribution in [0.25, 0.3) is 0 Å². The van der Waals surface area contributed by atoms with Gasteiger partial charge < -0.3 is 0 Å². The van der Waals surface area contributed by atoms with Gasteiger partial charge in [0.15, 0.2) is 0 Å². The molecule has 2 aromatic carbocycles. The first kappa shape index (κ1) is 13.9. The van der Waals surface area contributed by atoms with E-state index in [2.05, 4.69) is 71.4 Å². The van der Waals surface area contributed by atoms with Gasteiger partial charge in [0.2, 0.25) is 0 Å². The molecule has 0 heterocycles. The quantitative estimate of drug-likeness (QED) is 0.621. The topological polar surface area (TPSA) is 0 Å². The van der Waals surface area contributed by atoms with Crippen molar-refractivity contribution < 1.29 is 0 Å². The molecule has 1 aliphatic rings. The van der Waals surface area contributed by atoms with Gasteiger partial charge >= 0.3 is 0 Å². The third-order valence-electron chi connectivity index (χ3n) is 4.46. The third kappa shape index (κ3) is 2.69. The summed E-state index contributed by atoms with van der Waals surface area (Å²) in [4.78, 5) is 0.404. The second kappa shape index (κ2) is 6.13. The number of hydrogen-bond donors (Lipinski definition) is 0. The van der Waals surface area contributed by atoms with Crippen LogP contribution in [-0.2, 0) is 12.8 Å². The van der Waals surface area contributed by atoms with Crippen LogP contribution in [0.3, 0.4) is 0 Å². The Hall–Kier alpha value is -1.08. The lowest BCUT2D eigenvalue weighted by Crippen LogP contribution is -2.05. The van der Waals surface area contributed by atoms with Crippen molar-refractivity contribution >= 4 is 15.9 Å². The van der Waals surface area contributed by atoms with E-state index in [1.807, 2.05) is 0 Å². The highest BCUT2D eigenvalue weighted by Crippen LogP contribution is 2.41. The van der Waals surface area contributed by atoms with E-state index >= 15 is 0 Å². The van der Waals surface area contributed by atoms with E-state index in [0.29, 0.717) is 10.7 Å². The Bertz CT molecular complexity index is 574. The molecule has 0 nitrogen and oxygen atoms in total. The molecule has 1 heteroatoms. The van der Waals surface area contributed by atoms with Crippen LogP contribution in [0.4, 0.5) is 0 Å². The molecule has 0 aromatic heterocycles. The fourth-order valence-corrected chi connectivity index (χ4v) is 4.27. The molecular formula is C19H21Br. The van der Waals surface area contributed by atoms with E-state index in [1.165, 1.54) is 30.4 Å². The van der Waals surface area contributed by atoms with E-state index in [0.717, 1.165) is 6.42 Å². The van der Waals surface area contributed by atoms with Crippen molar-refractivity contribution in [3.8, 4) is 0 Å². The lowest BCUT2D eigenvalue weighted by molar-refractivity contribution is 0.654. The van der Waals surface area contributed by atoms with Gasteiger partial charge in [-0.1, -0.05) is 71.4 Å². The lowest BCUT2D eigenvalue weighted by atomic mass is 9.89. The molecule has 2 unspecified atom stereocenters. The SMILES string of the molecule is CCC(c1ccccc1)C(Br)c1ccc2c(c1)CCC2. The number of rotatable bonds is 4. The van der Waals surface area contributed by atoms with Crippen LogP contribution in [0.2, 0.25) is 0 Å². The van der Waals surface area contributed by atoms with Crippen molar-refractivity contribution in [1.82, 2.24) is 0 Å². The molecule has 0 fully saturated rings. The van der Waals surface area contributed by atoms with Crippen molar-refractivity contribution in [3.05, 3.63) is 70.8 Å². The molecule has 0 N–H and O–H groups in total. The minimum atomic E-state index is 0.404. The minimum absolute atomic E-state index is 0.404. The first-order valence-electron chi connectivity index (χ1n) is 7.60. The highest BCUT2D eigenvalue weighted by Gasteiger charge is 2.22. The summed E-state index contributed by atoms with van der Waals surface area (Å²) < 4.78 is 0. The molecule has 0 radical (unpaired) electrons. The van der Waals surface area contributed by atoms with Crippen LogP contribution in [0, 0.1) is 0 Å². The van der Waals surface area contributed by atoms with Gasteiger partial charge in [-0.25, -0.2) is 0 Å². The van der Waals surface area contributed by atoms with Gasteiger partial charge in [0.05, 0.1) is 0 Å². The van der Waals surface area contributed by atoms with Crippen LogP contribution in [0.15, 0.2) is 48.5 Å². The van der Waals surface area contributed by atoms with Gasteiger partial charge in [0.25, 0.3) is 0 Å². The van der Waals surface area contributed by atoms with Crippen LogP contribution in [0.5, 0.6) is 0 Å². The number of hydrogen-bond acceptors (Lipinski definition) is 0. The van der Waals surface area contributed by atoms with Gasteiger partial charge in [0.1, 0.15) is 0 Å². The zero-order valence-corrected chi connectivity index (χ0v) is 13.6. The van der Waals surface area contributed by atoms with Crippen LogP contribution in [-0.4, -0.2) is 0 Å². The lowest BCUT2D eigenvalue weighted by Gasteiger charge is -2.23. The average Bonchev–Trinajstić information content (AvgIpc) is 2.96. The smallest absolute Gasteiger partial charge is 0.0463 e. The van der Waals surface area contributed by atoms with Crippen molar-refractivity contribution in [2.75, 3.05) is 0 Å². The zero-order chi connectivity index (χ0) is 13.9. The molecular weight excluding hydrogens is 308 g/mol. The van der Waals surface area contributed by atoms with Gasteiger partial charge in [-0.05, 0) is 47.9 Å². The summed E-state index contributed by atoms with van der Waals surface area (Å²) in [6, 6.07) is 17.9. The number of benzene rings is 2. The molecule has 20 heavy (non-hydrogen) atoms. The normalized spacial score (nSPS) is 16.7. The molecule has 2 atom stereocenters. The zero-order valence-electron chi connectivity index (χ0n) is 12.0. The number of aryl methyl sites for hydroxylation is 2. The van der Waals surface area contributed by atoms with E-state index in [4.69, 9.17) is 0 Å². The predicted octanol–water partition coefficient (Wildman–Crippen LogP) is 5.81. The van der Waals surface area contributed by atoms with Gasteiger partial charge in [-0.2, -0.15) is 0 Å². The monoisotopic (exact) mass is 328 g/mol. The van der Waals surface area contributed by atoms with Crippen molar-refractivity contribution in [3.63, 3.8) is 0 Å². The Labute approximate surface area is 130 Å². The van der Waals surface area contributed by atoms with Gasteiger partial charge in [-0.3, -0.25) is 0 Å². The van der Waals surface area contributed by atoms with Crippen LogP contribution < -0.4 is 0 Å². The first-order valence-corrected chi connectivity index (χ1v) is 8.52. The van der Waals surface area contributed by atoms with Crippen LogP contribution >= 0.6 is 15.9 Å². The summed E-state index contributed by atoms with van der Waals surface area (Å²) in [5.41, 5.74) is 5.98.